The van der Waals surface area contributed by atoms with Crippen LogP contribution in [0.5, 0.6) is 5.75 Å². The normalized spacial score (nSPS) is 11.0. The molecule has 0 spiro atoms. The fourth-order valence-electron chi connectivity index (χ4n) is 3.07. The van der Waals surface area contributed by atoms with Crippen LogP contribution in [0.1, 0.15) is 21.9 Å². The number of aromatic carboxylic acids is 1. The quantitative estimate of drug-likeness (QED) is 0.589. The third-order valence-electron chi connectivity index (χ3n) is 4.46. The average molecular weight is 362 g/mol. The van der Waals surface area contributed by atoms with E-state index in [0.717, 1.165) is 33.9 Å². The van der Waals surface area contributed by atoms with Crippen LogP contribution in [0.3, 0.4) is 0 Å². The first-order valence-corrected chi connectivity index (χ1v) is 8.45. The first-order chi connectivity index (χ1) is 13.1. The molecule has 3 aromatic heterocycles. The SMILES string of the molecule is COc1ccc(Cn2nc(C(=O)O)cc2C)n2nc(-c3ccccc3)cc12. The third kappa shape index (κ3) is 3.03. The minimum absolute atomic E-state index is 0.0303. The number of aryl methyl sites for hydroxylation is 1. The number of carboxylic acid groups (broad SMARTS) is 1. The number of hydrogen-bond acceptors (Lipinski definition) is 4. The van der Waals surface area contributed by atoms with Crippen LogP contribution in [0.4, 0.5) is 0 Å². The van der Waals surface area contributed by atoms with E-state index in [1.165, 1.54) is 0 Å². The number of carbonyl (C=O) groups is 1. The van der Waals surface area contributed by atoms with Crippen molar-refractivity contribution >= 4 is 11.5 Å². The smallest absolute Gasteiger partial charge is 0.356 e. The Morgan fingerprint density at radius 3 is 2.56 bits per heavy atom. The van der Waals surface area contributed by atoms with E-state index in [1.807, 2.05) is 60.0 Å². The van der Waals surface area contributed by atoms with E-state index in [2.05, 4.69) is 5.10 Å². The Balaban J connectivity index is 1.81. The Kier molecular flexibility index (Phi) is 4.12. The summed E-state index contributed by atoms with van der Waals surface area (Å²) in [4.78, 5) is 11.2. The first-order valence-electron chi connectivity index (χ1n) is 8.45. The molecule has 27 heavy (non-hydrogen) atoms. The Hall–Kier alpha value is -3.61. The minimum Gasteiger partial charge on any atom is -0.494 e. The van der Waals surface area contributed by atoms with Gasteiger partial charge in [0.15, 0.2) is 5.69 Å². The standard InChI is InChI=1S/C20H18N4O3/c1-13-10-17(20(25)26)21-23(13)12-15-8-9-19(27-2)18-11-16(22-24(15)18)14-6-4-3-5-7-14/h3-11H,12H2,1-2H3,(H,25,26). The Morgan fingerprint density at radius 2 is 1.89 bits per heavy atom. The number of aromatic nitrogens is 4. The molecule has 4 aromatic rings. The molecular formula is C20H18N4O3. The Morgan fingerprint density at radius 1 is 1.11 bits per heavy atom. The number of methoxy groups -OCH3 is 1. The van der Waals surface area contributed by atoms with E-state index < -0.39 is 5.97 Å². The highest BCUT2D eigenvalue weighted by Crippen LogP contribution is 2.27. The van der Waals surface area contributed by atoms with Crippen LogP contribution in [0, 0.1) is 6.92 Å². The van der Waals surface area contributed by atoms with Crippen LogP contribution < -0.4 is 4.74 Å². The molecule has 0 atom stereocenters. The lowest BCUT2D eigenvalue weighted by Crippen LogP contribution is -2.10. The van der Waals surface area contributed by atoms with Crippen molar-refractivity contribution in [1.29, 1.82) is 0 Å². The van der Waals surface area contributed by atoms with Gasteiger partial charge in [-0.25, -0.2) is 9.31 Å². The molecule has 0 aliphatic carbocycles. The van der Waals surface area contributed by atoms with E-state index in [1.54, 1.807) is 17.9 Å². The molecule has 0 saturated heterocycles. The summed E-state index contributed by atoms with van der Waals surface area (Å²) in [5.74, 6) is -0.320. The summed E-state index contributed by atoms with van der Waals surface area (Å²) in [5, 5.41) is 18.1. The second-order valence-electron chi connectivity index (χ2n) is 6.22. The molecule has 136 valence electrons. The van der Waals surface area contributed by atoms with Crippen LogP contribution in [0.15, 0.2) is 54.6 Å². The minimum atomic E-state index is -1.04. The van der Waals surface area contributed by atoms with Crippen molar-refractivity contribution in [2.45, 2.75) is 13.5 Å². The van der Waals surface area contributed by atoms with Gasteiger partial charge in [-0.15, -0.1) is 0 Å². The molecule has 1 aromatic carbocycles. The fraction of sp³-hybridized carbons (Fsp3) is 0.150. The maximum absolute atomic E-state index is 11.2. The van der Waals surface area contributed by atoms with Crippen LogP contribution in [-0.2, 0) is 6.54 Å². The van der Waals surface area contributed by atoms with Crippen LogP contribution in [-0.4, -0.2) is 37.6 Å². The predicted molar refractivity (Wildman–Crippen MR) is 100 cm³/mol. The summed E-state index contributed by atoms with van der Waals surface area (Å²) in [5.41, 5.74) is 4.37. The largest absolute Gasteiger partial charge is 0.494 e. The molecule has 0 radical (unpaired) electrons. The summed E-state index contributed by atoms with van der Waals surface area (Å²) in [6, 6.07) is 17.3. The third-order valence-corrected chi connectivity index (χ3v) is 4.46. The Bertz CT molecular complexity index is 1130. The topological polar surface area (TPSA) is 81.7 Å². The van der Waals surface area contributed by atoms with E-state index >= 15 is 0 Å². The van der Waals surface area contributed by atoms with Gasteiger partial charge in [0, 0.05) is 11.3 Å². The maximum atomic E-state index is 11.2. The Labute approximate surface area is 155 Å². The number of ether oxygens (including phenoxy) is 1. The zero-order valence-electron chi connectivity index (χ0n) is 15.0. The van der Waals surface area contributed by atoms with Gasteiger partial charge in [-0.1, -0.05) is 30.3 Å². The number of carboxylic acids is 1. The molecule has 4 rings (SSSR count). The summed E-state index contributed by atoms with van der Waals surface area (Å²) in [6.45, 7) is 2.23. The zero-order chi connectivity index (χ0) is 19.0. The number of pyridine rings is 1. The molecule has 0 bridgehead atoms. The van der Waals surface area contributed by atoms with Gasteiger partial charge in [0.2, 0.25) is 0 Å². The van der Waals surface area contributed by atoms with Gasteiger partial charge in [-0.2, -0.15) is 10.2 Å². The summed E-state index contributed by atoms with van der Waals surface area (Å²) in [6.07, 6.45) is 0. The summed E-state index contributed by atoms with van der Waals surface area (Å²) < 4.78 is 8.96. The first kappa shape index (κ1) is 16.8. The fourth-order valence-corrected chi connectivity index (χ4v) is 3.07. The lowest BCUT2D eigenvalue weighted by molar-refractivity contribution is 0.0689. The van der Waals surface area contributed by atoms with Crippen molar-refractivity contribution in [3.63, 3.8) is 0 Å². The molecular weight excluding hydrogens is 344 g/mol. The molecule has 1 N–H and O–H groups in total. The van der Waals surface area contributed by atoms with E-state index in [0.29, 0.717) is 6.54 Å². The van der Waals surface area contributed by atoms with Crippen molar-refractivity contribution < 1.29 is 14.6 Å². The van der Waals surface area contributed by atoms with Crippen LogP contribution >= 0.6 is 0 Å². The van der Waals surface area contributed by atoms with E-state index in [4.69, 9.17) is 14.9 Å². The molecule has 7 heteroatoms. The molecule has 0 fully saturated rings. The van der Waals surface area contributed by atoms with Gasteiger partial charge in [0.1, 0.15) is 11.3 Å². The van der Waals surface area contributed by atoms with Crippen LogP contribution in [0.25, 0.3) is 16.8 Å². The number of nitrogens with zero attached hydrogens (tertiary/aromatic N) is 4. The lowest BCUT2D eigenvalue weighted by Gasteiger charge is -2.09. The number of fused-ring (bicyclic) bond motifs is 1. The second-order valence-corrected chi connectivity index (χ2v) is 6.22. The van der Waals surface area contributed by atoms with Crippen molar-refractivity contribution in [2.24, 2.45) is 0 Å². The van der Waals surface area contributed by atoms with Gasteiger partial charge in [-0.05, 0) is 31.2 Å². The van der Waals surface area contributed by atoms with E-state index in [-0.39, 0.29) is 5.69 Å². The molecule has 7 nitrogen and oxygen atoms in total. The van der Waals surface area contributed by atoms with Crippen molar-refractivity contribution in [1.82, 2.24) is 19.4 Å². The van der Waals surface area contributed by atoms with Gasteiger partial charge in [0.25, 0.3) is 0 Å². The average Bonchev–Trinajstić information content (AvgIpc) is 3.28. The summed E-state index contributed by atoms with van der Waals surface area (Å²) >= 11 is 0. The highest BCUT2D eigenvalue weighted by Gasteiger charge is 2.15. The molecule has 0 aliphatic heterocycles. The van der Waals surface area contributed by atoms with Crippen molar-refractivity contribution in [2.75, 3.05) is 7.11 Å². The highest BCUT2D eigenvalue weighted by atomic mass is 16.5. The predicted octanol–water partition coefficient (Wildman–Crippen LogP) is 3.26. The monoisotopic (exact) mass is 362 g/mol. The molecule has 0 aliphatic rings. The number of hydrogen-bond donors (Lipinski definition) is 1. The second kappa shape index (κ2) is 6.60. The highest BCUT2D eigenvalue weighted by molar-refractivity contribution is 5.85. The number of rotatable bonds is 5. The summed E-state index contributed by atoms with van der Waals surface area (Å²) in [7, 11) is 1.63. The van der Waals surface area contributed by atoms with Crippen LogP contribution in [0.2, 0.25) is 0 Å². The van der Waals surface area contributed by atoms with E-state index in [9.17, 15) is 4.79 Å². The van der Waals surface area contributed by atoms with Gasteiger partial charge < -0.3 is 9.84 Å². The van der Waals surface area contributed by atoms with Crippen molar-refractivity contribution in [3.05, 3.63) is 71.7 Å². The molecule has 0 amide bonds. The number of benzene rings is 1. The van der Waals surface area contributed by atoms with Gasteiger partial charge >= 0.3 is 5.97 Å². The van der Waals surface area contributed by atoms with Gasteiger partial charge in [-0.3, -0.25) is 4.68 Å². The maximum Gasteiger partial charge on any atom is 0.356 e. The molecule has 3 heterocycles. The molecule has 0 saturated carbocycles. The molecule has 0 unspecified atom stereocenters. The van der Waals surface area contributed by atoms with Gasteiger partial charge in [0.05, 0.1) is 25.0 Å². The van der Waals surface area contributed by atoms with Crippen molar-refractivity contribution in [3.8, 4) is 17.0 Å². The zero-order valence-corrected chi connectivity index (χ0v) is 15.0. The lowest BCUT2D eigenvalue weighted by atomic mass is 10.1.